The van der Waals surface area contributed by atoms with Crippen molar-refractivity contribution >= 4 is 21.6 Å². The van der Waals surface area contributed by atoms with Gasteiger partial charge in [-0.2, -0.15) is 0 Å². The molecule has 0 radical (unpaired) electrons. The maximum Gasteiger partial charge on any atom is 0.161 e. The number of fused-ring (bicyclic) bond motifs is 1. The Balaban J connectivity index is 2.18. The average molecular weight is 266 g/mol. The number of halogens is 1. The van der Waals surface area contributed by atoms with Crippen LogP contribution < -0.4 is 0 Å². The second kappa shape index (κ2) is 3.59. The van der Waals surface area contributed by atoms with Gasteiger partial charge in [-0.25, -0.2) is 0 Å². The lowest BCUT2D eigenvalue weighted by Gasteiger charge is -2.07. The highest BCUT2D eigenvalue weighted by molar-refractivity contribution is 9.10. The monoisotopic (exact) mass is 265 g/mol. The SMILES string of the molecule is Brc1cccc2nnc(C3CCCC3)n12. The van der Waals surface area contributed by atoms with Gasteiger partial charge in [-0.05, 0) is 40.9 Å². The summed E-state index contributed by atoms with van der Waals surface area (Å²) in [6, 6.07) is 6.03. The molecule has 78 valence electrons. The molecule has 3 rings (SSSR count). The Morgan fingerprint density at radius 2 is 2.00 bits per heavy atom. The smallest absolute Gasteiger partial charge is 0.161 e. The van der Waals surface area contributed by atoms with Crippen LogP contribution in [-0.2, 0) is 0 Å². The predicted octanol–water partition coefficient (Wildman–Crippen LogP) is 3.15. The molecule has 0 spiro atoms. The quantitative estimate of drug-likeness (QED) is 0.742. The van der Waals surface area contributed by atoms with E-state index in [1.807, 2.05) is 18.2 Å². The lowest BCUT2D eigenvalue weighted by Crippen LogP contribution is -2.01. The van der Waals surface area contributed by atoms with Crippen LogP contribution in [0.2, 0.25) is 0 Å². The normalized spacial score (nSPS) is 17.7. The Labute approximate surface area is 96.6 Å². The Kier molecular flexibility index (Phi) is 2.24. The van der Waals surface area contributed by atoms with Gasteiger partial charge in [0.05, 0.1) is 4.60 Å². The second-order valence-corrected chi connectivity index (χ2v) is 4.89. The molecule has 0 bridgehead atoms. The summed E-state index contributed by atoms with van der Waals surface area (Å²) in [5.41, 5.74) is 0.936. The highest BCUT2D eigenvalue weighted by atomic mass is 79.9. The van der Waals surface area contributed by atoms with Crippen LogP contribution in [0.4, 0.5) is 0 Å². The standard InChI is InChI=1S/C11H12BrN3/c12-9-6-3-7-10-13-14-11(15(9)10)8-4-1-2-5-8/h3,6-8H,1-2,4-5H2. The van der Waals surface area contributed by atoms with Gasteiger partial charge in [0.2, 0.25) is 0 Å². The van der Waals surface area contributed by atoms with E-state index in [2.05, 4.69) is 30.5 Å². The van der Waals surface area contributed by atoms with E-state index in [0.29, 0.717) is 5.92 Å². The van der Waals surface area contributed by atoms with Crippen molar-refractivity contribution in [3.63, 3.8) is 0 Å². The van der Waals surface area contributed by atoms with Gasteiger partial charge in [0.25, 0.3) is 0 Å². The van der Waals surface area contributed by atoms with E-state index < -0.39 is 0 Å². The number of nitrogens with zero attached hydrogens (tertiary/aromatic N) is 3. The van der Waals surface area contributed by atoms with Crippen molar-refractivity contribution in [2.24, 2.45) is 0 Å². The molecular weight excluding hydrogens is 254 g/mol. The number of hydrogen-bond donors (Lipinski definition) is 0. The summed E-state index contributed by atoms with van der Waals surface area (Å²) in [6.07, 6.45) is 5.15. The fourth-order valence-electron chi connectivity index (χ4n) is 2.37. The third-order valence-electron chi connectivity index (χ3n) is 3.13. The van der Waals surface area contributed by atoms with E-state index >= 15 is 0 Å². The van der Waals surface area contributed by atoms with Crippen molar-refractivity contribution in [2.45, 2.75) is 31.6 Å². The van der Waals surface area contributed by atoms with E-state index in [4.69, 9.17) is 0 Å². The highest BCUT2D eigenvalue weighted by Crippen LogP contribution is 2.33. The summed E-state index contributed by atoms with van der Waals surface area (Å²) in [6.45, 7) is 0. The first-order valence-electron chi connectivity index (χ1n) is 5.36. The topological polar surface area (TPSA) is 30.2 Å². The number of rotatable bonds is 1. The molecule has 1 aliphatic carbocycles. The molecule has 1 saturated carbocycles. The lowest BCUT2D eigenvalue weighted by molar-refractivity contribution is 0.656. The van der Waals surface area contributed by atoms with E-state index in [9.17, 15) is 0 Å². The van der Waals surface area contributed by atoms with Crippen LogP contribution in [0.5, 0.6) is 0 Å². The second-order valence-electron chi connectivity index (χ2n) is 4.08. The van der Waals surface area contributed by atoms with E-state index in [1.165, 1.54) is 25.7 Å². The zero-order valence-electron chi connectivity index (χ0n) is 8.36. The van der Waals surface area contributed by atoms with Crippen molar-refractivity contribution in [1.29, 1.82) is 0 Å². The lowest BCUT2D eigenvalue weighted by atomic mass is 10.1. The summed E-state index contributed by atoms with van der Waals surface area (Å²) >= 11 is 3.56. The van der Waals surface area contributed by atoms with Gasteiger partial charge < -0.3 is 0 Å². The fraction of sp³-hybridized carbons (Fsp3) is 0.455. The Morgan fingerprint density at radius 3 is 2.80 bits per heavy atom. The Hall–Kier alpha value is -0.900. The third kappa shape index (κ3) is 1.47. The molecule has 0 aliphatic heterocycles. The molecular formula is C11H12BrN3. The van der Waals surface area contributed by atoms with Crippen molar-refractivity contribution < 1.29 is 0 Å². The molecule has 2 aromatic rings. The maximum atomic E-state index is 4.32. The fourth-order valence-corrected chi connectivity index (χ4v) is 2.89. The summed E-state index contributed by atoms with van der Waals surface area (Å²) in [7, 11) is 0. The van der Waals surface area contributed by atoms with Crippen LogP contribution in [0.3, 0.4) is 0 Å². The summed E-state index contributed by atoms with van der Waals surface area (Å²) < 4.78 is 3.17. The maximum absolute atomic E-state index is 4.32. The first kappa shape index (κ1) is 9.33. The van der Waals surface area contributed by atoms with Gasteiger partial charge >= 0.3 is 0 Å². The molecule has 2 heterocycles. The molecule has 15 heavy (non-hydrogen) atoms. The average Bonchev–Trinajstić information content (AvgIpc) is 2.85. The van der Waals surface area contributed by atoms with Crippen LogP contribution in [0, 0.1) is 0 Å². The van der Waals surface area contributed by atoms with Crippen molar-refractivity contribution in [2.75, 3.05) is 0 Å². The molecule has 0 unspecified atom stereocenters. The van der Waals surface area contributed by atoms with E-state index in [-0.39, 0.29) is 0 Å². The minimum Gasteiger partial charge on any atom is -0.273 e. The zero-order chi connectivity index (χ0) is 10.3. The van der Waals surface area contributed by atoms with Crippen molar-refractivity contribution in [3.05, 3.63) is 28.6 Å². The molecule has 0 aromatic carbocycles. The summed E-state index contributed by atoms with van der Waals surface area (Å²) in [5, 5.41) is 8.53. The van der Waals surface area contributed by atoms with Gasteiger partial charge in [0.15, 0.2) is 5.65 Å². The van der Waals surface area contributed by atoms with Gasteiger partial charge in [-0.1, -0.05) is 18.9 Å². The molecule has 0 amide bonds. The van der Waals surface area contributed by atoms with Gasteiger partial charge in [0, 0.05) is 5.92 Å². The van der Waals surface area contributed by atoms with Crippen LogP contribution in [0.1, 0.15) is 37.4 Å². The Bertz CT molecular complexity index is 486. The van der Waals surface area contributed by atoms with E-state index in [1.54, 1.807) is 0 Å². The van der Waals surface area contributed by atoms with Crippen LogP contribution >= 0.6 is 15.9 Å². The number of pyridine rings is 1. The van der Waals surface area contributed by atoms with Crippen LogP contribution in [0.25, 0.3) is 5.65 Å². The molecule has 3 nitrogen and oxygen atoms in total. The minimum atomic E-state index is 0.596. The van der Waals surface area contributed by atoms with Gasteiger partial charge in [0.1, 0.15) is 5.82 Å². The first-order valence-corrected chi connectivity index (χ1v) is 6.15. The largest absolute Gasteiger partial charge is 0.273 e. The predicted molar refractivity (Wildman–Crippen MR) is 61.9 cm³/mol. The highest BCUT2D eigenvalue weighted by Gasteiger charge is 2.22. The third-order valence-corrected chi connectivity index (χ3v) is 3.75. The number of aromatic nitrogens is 3. The Morgan fingerprint density at radius 1 is 1.20 bits per heavy atom. The number of hydrogen-bond acceptors (Lipinski definition) is 2. The van der Waals surface area contributed by atoms with Crippen LogP contribution in [0.15, 0.2) is 22.8 Å². The first-order chi connectivity index (χ1) is 7.36. The molecule has 0 atom stereocenters. The molecule has 1 fully saturated rings. The van der Waals surface area contributed by atoms with Crippen LogP contribution in [-0.4, -0.2) is 14.6 Å². The van der Waals surface area contributed by atoms with E-state index in [0.717, 1.165) is 16.1 Å². The molecule has 0 N–H and O–H groups in total. The van der Waals surface area contributed by atoms with Gasteiger partial charge in [-0.3, -0.25) is 4.40 Å². The molecule has 2 aromatic heterocycles. The van der Waals surface area contributed by atoms with Crippen molar-refractivity contribution in [3.8, 4) is 0 Å². The van der Waals surface area contributed by atoms with Gasteiger partial charge in [-0.15, -0.1) is 10.2 Å². The molecule has 4 heteroatoms. The molecule has 0 saturated heterocycles. The van der Waals surface area contributed by atoms with Crippen molar-refractivity contribution in [1.82, 2.24) is 14.6 Å². The zero-order valence-corrected chi connectivity index (χ0v) is 9.94. The summed E-state index contributed by atoms with van der Waals surface area (Å²) in [5.74, 6) is 1.72. The molecule has 1 aliphatic rings. The summed E-state index contributed by atoms with van der Waals surface area (Å²) in [4.78, 5) is 0. The minimum absolute atomic E-state index is 0.596.